The normalized spacial score (nSPS) is 26.3. The van der Waals surface area contributed by atoms with Crippen molar-refractivity contribution in [2.24, 2.45) is 17.6 Å². The molecule has 1 aromatic carbocycles. The average molecular weight is 316 g/mol. The first-order valence-electron chi connectivity index (χ1n) is 8.96. The minimum Gasteiger partial charge on any atom is -0.494 e. The number of likely N-dealkylation sites (tertiary alicyclic amines) is 1. The van der Waals surface area contributed by atoms with Gasteiger partial charge >= 0.3 is 0 Å². The number of nitrogens with zero attached hydrogens (tertiary/aromatic N) is 1. The summed E-state index contributed by atoms with van der Waals surface area (Å²) in [4.78, 5) is 14.6. The van der Waals surface area contributed by atoms with Crippen LogP contribution in [-0.4, -0.2) is 36.5 Å². The third-order valence-electron chi connectivity index (χ3n) is 5.32. The zero-order valence-corrected chi connectivity index (χ0v) is 14.0. The maximum Gasteiger partial charge on any atom is 0.253 e. The van der Waals surface area contributed by atoms with Crippen LogP contribution in [0, 0.1) is 11.8 Å². The molecule has 3 rings (SSSR count). The van der Waals surface area contributed by atoms with Gasteiger partial charge in [-0.15, -0.1) is 0 Å². The predicted molar refractivity (Wildman–Crippen MR) is 91.6 cm³/mol. The van der Waals surface area contributed by atoms with Gasteiger partial charge in [-0.25, -0.2) is 0 Å². The summed E-state index contributed by atoms with van der Waals surface area (Å²) in [6, 6.07) is 7.84. The standard InChI is InChI=1S/C19H28N2O2/c1-2-3-4-11-23-16-8-5-14(6-9-16)19(22)21-12-15-7-10-18(20)17(15)13-21/h5-6,8-9,15,17-18H,2-4,7,10-13,20H2,1H3. The van der Waals surface area contributed by atoms with E-state index in [4.69, 9.17) is 10.5 Å². The molecule has 1 aliphatic carbocycles. The lowest BCUT2D eigenvalue weighted by molar-refractivity contribution is 0.0779. The molecule has 3 atom stereocenters. The first-order valence-corrected chi connectivity index (χ1v) is 8.96. The van der Waals surface area contributed by atoms with Gasteiger partial charge in [0.05, 0.1) is 6.61 Å². The van der Waals surface area contributed by atoms with Gasteiger partial charge in [0.15, 0.2) is 0 Å². The maximum absolute atomic E-state index is 12.6. The van der Waals surface area contributed by atoms with Gasteiger partial charge in [0.2, 0.25) is 0 Å². The summed E-state index contributed by atoms with van der Waals surface area (Å²) in [7, 11) is 0. The first kappa shape index (κ1) is 16.3. The van der Waals surface area contributed by atoms with Crippen LogP contribution in [0.3, 0.4) is 0 Å². The molecule has 1 heterocycles. The van der Waals surface area contributed by atoms with E-state index in [0.29, 0.717) is 11.8 Å². The van der Waals surface area contributed by atoms with Crippen LogP contribution in [0.5, 0.6) is 5.75 Å². The third kappa shape index (κ3) is 3.69. The number of ether oxygens (including phenoxy) is 1. The Labute approximate surface area is 139 Å². The fourth-order valence-electron chi connectivity index (χ4n) is 3.89. The topological polar surface area (TPSA) is 55.6 Å². The smallest absolute Gasteiger partial charge is 0.253 e. The molecule has 1 saturated heterocycles. The predicted octanol–water partition coefficient (Wildman–Crippen LogP) is 3.06. The number of carbonyl (C=O) groups is 1. The molecule has 2 aliphatic rings. The van der Waals surface area contributed by atoms with Crippen LogP contribution in [-0.2, 0) is 0 Å². The van der Waals surface area contributed by atoms with Crippen LogP contribution < -0.4 is 10.5 Å². The molecule has 1 amide bonds. The number of rotatable bonds is 6. The summed E-state index contributed by atoms with van der Waals surface area (Å²) >= 11 is 0. The molecule has 0 bridgehead atoms. The molecule has 4 nitrogen and oxygen atoms in total. The van der Waals surface area contributed by atoms with E-state index in [1.165, 1.54) is 19.3 Å². The number of unbranched alkanes of at least 4 members (excludes halogenated alkanes) is 2. The number of fused-ring (bicyclic) bond motifs is 1. The Balaban J connectivity index is 1.54. The van der Waals surface area contributed by atoms with Crippen molar-refractivity contribution < 1.29 is 9.53 Å². The van der Waals surface area contributed by atoms with E-state index in [1.807, 2.05) is 29.2 Å². The van der Waals surface area contributed by atoms with Crippen molar-refractivity contribution in [3.05, 3.63) is 29.8 Å². The van der Waals surface area contributed by atoms with Crippen molar-refractivity contribution in [3.8, 4) is 5.75 Å². The largest absolute Gasteiger partial charge is 0.494 e. The van der Waals surface area contributed by atoms with Crippen molar-refractivity contribution in [3.63, 3.8) is 0 Å². The Kier molecular flexibility index (Phi) is 5.21. The summed E-state index contributed by atoms with van der Waals surface area (Å²) < 4.78 is 5.70. The lowest BCUT2D eigenvalue weighted by Crippen LogP contribution is -2.33. The summed E-state index contributed by atoms with van der Waals surface area (Å²) in [6.07, 6.45) is 5.74. The molecule has 126 valence electrons. The molecule has 1 aliphatic heterocycles. The quantitative estimate of drug-likeness (QED) is 0.821. The van der Waals surface area contributed by atoms with Crippen LogP contribution >= 0.6 is 0 Å². The van der Waals surface area contributed by atoms with Gasteiger partial charge < -0.3 is 15.4 Å². The van der Waals surface area contributed by atoms with E-state index in [-0.39, 0.29) is 11.9 Å². The number of hydrogen-bond donors (Lipinski definition) is 1. The van der Waals surface area contributed by atoms with Gasteiger partial charge in [0.25, 0.3) is 5.91 Å². The molecule has 3 unspecified atom stereocenters. The Bertz CT molecular complexity index is 529. The summed E-state index contributed by atoms with van der Waals surface area (Å²) in [5.41, 5.74) is 6.90. The van der Waals surface area contributed by atoms with Crippen LogP contribution in [0.15, 0.2) is 24.3 Å². The maximum atomic E-state index is 12.6. The lowest BCUT2D eigenvalue weighted by Gasteiger charge is -2.19. The average Bonchev–Trinajstić information content (AvgIpc) is 3.14. The third-order valence-corrected chi connectivity index (χ3v) is 5.32. The van der Waals surface area contributed by atoms with Crippen molar-refractivity contribution >= 4 is 5.91 Å². The first-order chi connectivity index (χ1) is 11.2. The zero-order chi connectivity index (χ0) is 16.2. The van der Waals surface area contributed by atoms with Crippen LogP contribution in [0.4, 0.5) is 0 Å². The van der Waals surface area contributed by atoms with Crippen molar-refractivity contribution in [2.75, 3.05) is 19.7 Å². The molecule has 2 fully saturated rings. The minimum atomic E-state index is 0.129. The lowest BCUT2D eigenvalue weighted by atomic mass is 9.98. The Hall–Kier alpha value is -1.55. The van der Waals surface area contributed by atoms with Gasteiger partial charge in [-0.2, -0.15) is 0 Å². The monoisotopic (exact) mass is 316 g/mol. The Morgan fingerprint density at radius 2 is 2.00 bits per heavy atom. The Morgan fingerprint density at radius 1 is 1.22 bits per heavy atom. The van der Waals surface area contributed by atoms with Gasteiger partial charge in [0.1, 0.15) is 5.75 Å². The minimum absolute atomic E-state index is 0.129. The molecule has 1 saturated carbocycles. The highest BCUT2D eigenvalue weighted by molar-refractivity contribution is 5.94. The molecule has 2 N–H and O–H groups in total. The van der Waals surface area contributed by atoms with E-state index in [1.54, 1.807) is 0 Å². The van der Waals surface area contributed by atoms with Crippen molar-refractivity contribution in [2.45, 2.75) is 45.1 Å². The molecule has 0 radical (unpaired) electrons. The van der Waals surface area contributed by atoms with E-state index in [9.17, 15) is 4.79 Å². The zero-order valence-electron chi connectivity index (χ0n) is 14.0. The number of hydrogen-bond acceptors (Lipinski definition) is 3. The Morgan fingerprint density at radius 3 is 2.70 bits per heavy atom. The number of amides is 1. The van der Waals surface area contributed by atoms with Crippen LogP contribution in [0.2, 0.25) is 0 Å². The molecule has 0 spiro atoms. The summed E-state index contributed by atoms with van der Waals surface area (Å²) in [6.45, 7) is 4.61. The fraction of sp³-hybridized carbons (Fsp3) is 0.632. The van der Waals surface area contributed by atoms with E-state index in [2.05, 4.69) is 6.92 Å². The molecular formula is C19H28N2O2. The second-order valence-electron chi connectivity index (χ2n) is 6.96. The molecule has 0 aromatic heterocycles. The number of benzene rings is 1. The van der Waals surface area contributed by atoms with E-state index < -0.39 is 0 Å². The fourth-order valence-corrected chi connectivity index (χ4v) is 3.89. The second kappa shape index (κ2) is 7.35. The van der Waals surface area contributed by atoms with E-state index in [0.717, 1.165) is 43.9 Å². The number of carbonyl (C=O) groups excluding carboxylic acids is 1. The molecule has 4 heteroatoms. The van der Waals surface area contributed by atoms with Crippen molar-refractivity contribution in [1.29, 1.82) is 0 Å². The molecule has 1 aromatic rings. The van der Waals surface area contributed by atoms with Gasteiger partial charge in [-0.05, 0) is 55.4 Å². The van der Waals surface area contributed by atoms with Gasteiger partial charge in [-0.3, -0.25) is 4.79 Å². The second-order valence-corrected chi connectivity index (χ2v) is 6.96. The highest BCUT2D eigenvalue weighted by Gasteiger charge is 2.42. The molecular weight excluding hydrogens is 288 g/mol. The highest BCUT2D eigenvalue weighted by Crippen LogP contribution is 2.37. The highest BCUT2D eigenvalue weighted by atomic mass is 16.5. The van der Waals surface area contributed by atoms with Crippen LogP contribution in [0.25, 0.3) is 0 Å². The summed E-state index contributed by atoms with van der Waals surface area (Å²) in [5.74, 6) is 2.08. The van der Waals surface area contributed by atoms with Gasteiger partial charge in [-0.1, -0.05) is 19.8 Å². The van der Waals surface area contributed by atoms with E-state index >= 15 is 0 Å². The summed E-state index contributed by atoms with van der Waals surface area (Å²) in [5, 5.41) is 0. The van der Waals surface area contributed by atoms with Crippen molar-refractivity contribution in [1.82, 2.24) is 4.90 Å². The molecule has 23 heavy (non-hydrogen) atoms. The van der Waals surface area contributed by atoms with Gasteiger partial charge in [0, 0.05) is 24.7 Å². The number of nitrogens with two attached hydrogens (primary N) is 1. The van der Waals surface area contributed by atoms with Crippen LogP contribution in [0.1, 0.15) is 49.4 Å². The SMILES string of the molecule is CCCCCOc1ccc(C(=O)N2CC3CCC(N)C3C2)cc1.